The lowest BCUT2D eigenvalue weighted by molar-refractivity contribution is -0.0643. The standard InChI is InChI=1S/C22H29N7O13P2S/c1-34-17-16-13(40-21(17)28-5-4-14(30)27-22(28)31)8-38-44(33,45-36-3)41-12-6-11(7-37-43(32,35-2)42-16)39-20(12)29-10-26-15-18(23)24-9-25-19(15)29/h4-5,9-13,16-17,20-21H,6-8H2,1-3H3,(H2,23,24,25)(H,27,30,31)/t11-,12+,13+,16+,17+,20+,21+,43?,44?/m0/s1. The first-order valence-corrected chi connectivity index (χ1v) is 17.6. The van der Waals surface area contributed by atoms with E-state index in [-0.39, 0.29) is 18.8 Å². The van der Waals surface area contributed by atoms with Crippen LogP contribution in [0.5, 0.6) is 0 Å². The van der Waals surface area contributed by atoms with Crippen molar-refractivity contribution in [1.82, 2.24) is 29.1 Å². The summed E-state index contributed by atoms with van der Waals surface area (Å²) in [5.74, 6) is 0.140. The number of phosphoric ester groups is 1. The first-order valence-electron chi connectivity index (χ1n) is 13.3. The molecule has 2 unspecified atom stereocenters. The molecule has 0 amide bonds. The number of nitrogen functional groups attached to an aromatic ring is 1. The average Bonchev–Trinajstić information content (AvgIpc) is 3.70. The van der Waals surface area contributed by atoms with E-state index in [4.69, 9.17) is 46.7 Å². The number of H-pyrrole nitrogens is 1. The van der Waals surface area contributed by atoms with Crippen LogP contribution < -0.4 is 17.0 Å². The van der Waals surface area contributed by atoms with Gasteiger partial charge in [0.25, 0.3) is 5.56 Å². The van der Waals surface area contributed by atoms with Gasteiger partial charge in [0.15, 0.2) is 23.9 Å². The molecule has 6 heterocycles. The van der Waals surface area contributed by atoms with E-state index in [1.807, 2.05) is 0 Å². The summed E-state index contributed by atoms with van der Waals surface area (Å²) in [7, 11) is -0.637. The average molecular weight is 694 g/mol. The molecule has 0 saturated carbocycles. The fraction of sp³-hybridized carbons (Fsp3) is 0.591. The molecule has 3 aliphatic heterocycles. The number of ether oxygens (including phenoxy) is 3. The minimum absolute atomic E-state index is 0.0908. The minimum Gasteiger partial charge on any atom is -0.382 e. The van der Waals surface area contributed by atoms with Crippen LogP contribution in [-0.4, -0.2) is 94.1 Å². The van der Waals surface area contributed by atoms with Crippen LogP contribution in [0, 0.1) is 0 Å². The maximum Gasteiger partial charge on any atom is 0.475 e. The third kappa shape index (κ3) is 6.40. The summed E-state index contributed by atoms with van der Waals surface area (Å²) in [4.78, 5) is 38.9. The number of anilines is 1. The summed E-state index contributed by atoms with van der Waals surface area (Å²) in [6.45, 7) is -4.97. The normalized spacial score (nSPS) is 35.8. The zero-order chi connectivity index (χ0) is 31.9. The summed E-state index contributed by atoms with van der Waals surface area (Å²) in [6.07, 6.45) is -3.51. The molecule has 3 fully saturated rings. The molecule has 2 bridgehead atoms. The molecule has 3 aromatic rings. The summed E-state index contributed by atoms with van der Waals surface area (Å²) in [6, 6.07) is 1.11. The molecule has 0 aromatic carbocycles. The van der Waals surface area contributed by atoms with Crippen molar-refractivity contribution in [2.45, 2.75) is 49.4 Å². The molecule has 6 rings (SSSR count). The highest BCUT2D eigenvalue weighted by atomic mass is 32.7. The highest BCUT2D eigenvalue weighted by Crippen LogP contribution is 2.64. The van der Waals surface area contributed by atoms with E-state index in [2.05, 4.69) is 19.9 Å². The second kappa shape index (κ2) is 12.9. The highest BCUT2D eigenvalue weighted by Gasteiger charge is 2.53. The Labute approximate surface area is 257 Å². The van der Waals surface area contributed by atoms with E-state index in [9.17, 15) is 18.7 Å². The number of fused-ring (bicyclic) bond motifs is 4. The molecule has 3 aliphatic rings. The van der Waals surface area contributed by atoms with Gasteiger partial charge in [0.2, 0.25) is 0 Å². The number of nitrogens with one attached hydrogen (secondary N) is 1. The molecule has 9 atom stereocenters. The SMILES string of the molecule is COSP1(=O)OC[C@H]2O[C@@H](n3ccc(=O)[nH]c3=O)[C@H](OC)[C@@H]2OP(=O)(OC)OC[C@@H]2C[C@@H](O1)[C@H](n1cnc3c(N)ncnc31)O2. The Hall–Kier alpha value is -2.52. The lowest BCUT2D eigenvalue weighted by Crippen LogP contribution is -2.40. The van der Waals surface area contributed by atoms with Crippen molar-refractivity contribution in [1.29, 1.82) is 0 Å². The first kappa shape index (κ1) is 32.4. The van der Waals surface area contributed by atoms with E-state index >= 15 is 0 Å². The van der Waals surface area contributed by atoms with Crippen molar-refractivity contribution in [2.24, 2.45) is 0 Å². The maximum absolute atomic E-state index is 14.1. The predicted molar refractivity (Wildman–Crippen MR) is 153 cm³/mol. The van der Waals surface area contributed by atoms with Crippen LogP contribution in [-0.2, 0) is 50.1 Å². The summed E-state index contributed by atoms with van der Waals surface area (Å²) < 4.78 is 82.0. The van der Waals surface area contributed by atoms with Crippen LogP contribution >= 0.6 is 26.3 Å². The van der Waals surface area contributed by atoms with Gasteiger partial charge in [-0.3, -0.25) is 41.5 Å². The molecule has 0 aliphatic carbocycles. The molecule has 3 N–H and O–H groups in total. The van der Waals surface area contributed by atoms with Gasteiger partial charge in [-0.2, -0.15) is 0 Å². The Bertz CT molecular complexity index is 1760. The van der Waals surface area contributed by atoms with Gasteiger partial charge < -0.3 is 24.1 Å². The van der Waals surface area contributed by atoms with Gasteiger partial charge in [-0.15, -0.1) is 0 Å². The predicted octanol–water partition coefficient (Wildman–Crippen LogP) is 1.13. The Morgan fingerprint density at radius 2 is 1.84 bits per heavy atom. The van der Waals surface area contributed by atoms with Gasteiger partial charge in [-0.05, 0) is 0 Å². The van der Waals surface area contributed by atoms with E-state index in [1.54, 1.807) is 0 Å². The van der Waals surface area contributed by atoms with E-state index < -0.39 is 75.5 Å². The summed E-state index contributed by atoms with van der Waals surface area (Å²) >= 11 is 0.451. The van der Waals surface area contributed by atoms with Gasteiger partial charge in [0.05, 0.1) is 32.8 Å². The van der Waals surface area contributed by atoms with E-state index in [0.29, 0.717) is 22.8 Å². The molecule has 20 nitrogen and oxygen atoms in total. The second-order valence-corrected chi connectivity index (χ2v) is 15.2. The van der Waals surface area contributed by atoms with Crippen molar-refractivity contribution < 1.29 is 50.1 Å². The van der Waals surface area contributed by atoms with E-state index in [1.165, 1.54) is 37.6 Å². The van der Waals surface area contributed by atoms with Crippen molar-refractivity contribution in [3.63, 3.8) is 0 Å². The van der Waals surface area contributed by atoms with Crippen molar-refractivity contribution in [3.05, 3.63) is 45.8 Å². The number of methoxy groups -OCH3 is 1. The molecule has 45 heavy (non-hydrogen) atoms. The van der Waals surface area contributed by atoms with Crippen LogP contribution in [0.25, 0.3) is 11.2 Å². The van der Waals surface area contributed by atoms with E-state index in [0.717, 1.165) is 17.7 Å². The number of aromatic amines is 1. The molecule has 246 valence electrons. The quantitative estimate of drug-likeness (QED) is 0.271. The molecular formula is C22H29N7O13P2S. The van der Waals surface area contributed by atoms with Crippen molar-refractivity contribution in [2.75, 3.05) is 40.3 Å². The second-order valence-electron chi connectivity index (χ2n) is 9.87. The number of rotatable bonds is 6. The third-order valence-corrected chi connectivity index (χ3v) is 11.5. The van der Waals surface area contributed by atoms with Crippen molar-refractivity contribution in [3.8, 4) is 0 Å². The van der Waals surface area contributed by atoms with Crippen LogP contribution in [0.4, 0.5) is 5.82 Å². The van der Waals surface area contributed by atoms with Gasteiger partial charge in [0, 0.05) is 32.9 Å². The van der Waals surface area contributed by atoms with Gasteiger partial charge in [-0.1, -0.05) is 0 Å². The molecule has 0 spiro atoms. The molecular weight excluding hydrogens is 664 g/mol. The lowest BCUT2D eigenvalue weighted by Gasteiger charge is -2.28. The molecule has 3 aromatic heterocycles. The number of phosphoric acid groups is 1. The largest absolute Gasteiger partial charge is 0.475 e. The third-order valence-electron chi connectivity index (χ3n) is 7.21. The molecule has 23 heteroatoms. The van der Waals surface area contributed by atoms with Crippen molar-refractivity contribution >= 4 is 43.3 Å². The molecule has 0 radical (unpaired) electrons. The zero-order valence-electron chi connectivity index (χ0n) is 23.9. The smallest absolute Gasteiger partial charge is 0.382 e. The fourth-order valence-electron chi connectivity index (χ4n) is 5.23. The van der Waals surface area contributed by atoms with Gasteiger partial charge in [0.1, 0.15) is 47.9 Å². The topological polar surface area (TPSA) is 242 Å². The number of hydrogen-bond acceptors (Lipinski definition) is 18. The number of imidazole rings is 1. The number of nitrogens with two attached hydrogens (primary N) is 1. The Kier molecular flexibility index (Phi) is 9.32. The Morgan fingerprint density at radius 3 is 2.58 bits per heavy atom. The number of aromatic nitrogens is 6. The minimum atomic E-state index is -4.36. The van der Waals surface area contributed by atoms with Crippen LogP contribution in [0.2, 0.25) is 0 Å². The Morgan fingerprint density at radius 1 is 1.02 bits per heavy atom. The fourth-order valence-corrected chi connectivity index (χ4v) is 8.86. The van der Waals surface area contributed by atoms with Crippen LogP contribution in [0.15, 0.2) is 34.5 Å². The van der Waals surface area contributed by atoms with Crippen LogP contribution in [0.1, 0.15) is 18.9 Å². The monoisotopic (exact) mass is 693 g/mol. The number of nitrogens with zero attached hydrogens (tertiary/aromatic N) is 5. The highest BCUT2D eigenvalue weighted by molar-refractivity contribution is 8.52. The first-order chi connectivity index (χ1) is 21.6. The summed E-state index contributed by atoms with van der Waals surface area (Å²) in [5, 5.41) is 0. The Balaban J connectivity index is 1.36. The lowest BCUT2D eigenvalue weighted by atomic mass is 10.1. The van der Waals surface area contributed by atoms with Crippen LogP contribution in [0.3, 0.4) is 0 Å². The molecule has 3 saturated heterocycles. The number of hydrogen-bond donors (Lipinski definition) is 2. The van der Waals surface area contributed by atoms with Gasteiger partial charge in [-0.25, -0.2) is 28.9 Å². The zero-order valence-corrected chi connectivity index (χ0v) is 26.5. The summed E-state index contributed by atoms with van der Waals surface area (Å²) in [5.41, 5.74) is 5.14. The van der Waals surface area contributed by atoms with Gasteiger partial charge >= 0.3 is 20.3 Å². The maximum atomic E-state index is 14.1.